The van der Waals surface area contributed by atoms with Gasteiger partial charge in [0.05, 0.1) is 17.1 Å². The second kappa shape index (κ2) is 12.6. The molecular formula is C27H35ClN4O6. The summed E-state index contributed by atoms with van der Waals surface area (Å²) >= 11 is 6.32. The van der Waals surface area contributed by atoms with E-state index >= 15 is 0 Å². The second-order valence-electron chi connectivity index (χ2n) is 9.86. The van der Waals surface area contributed by atoms with Crippen molar-refractivity contribution in [1.82, 2.24) is 10.2 Å². The third-order valence-electron chi connectivity index (χ3n) is 5.58. The smallest absolute Gasteiger partial charge is 0.408 e. The monoisotopic (exact) mass is 546 g/mol. The molecule has 0 aliphatic heterocycles. The molecule has 0 bridgehead atoms. The van der Waals surface area contributed by atoms with Crippen LogP contribution in [0.3, 0.4) is 0 Å². The number of amides is 4. The number of carbonyl (C=O) groups excluding carboxylic acids is 4. The van der Waals surface area contributed by atoms with Crippen molar-refractivity contribution in [3.05, 3.63) is 58.1 Å². The number of anilines is 1. The molecule has 2 rings (SSSR count). The molecule has 206 valence electrons. The summed E-state index contributed by atoms with van der Waals surface area (Å²) in [4.78, 5) is 53.0. The van der Waals surface area contributed by atoms with Crippen LogP contribution in [-0.2, 0) is 19.1 Å². The first-order valence-corrected chi connectivity index (χ1v) is 12.5. The van der Waals surface area contributed by atoms with E-state index in [1.165, 1.54) is 17.0 Å². The molecule has 0 saturated carbocycles. The van der Waals surface area contributed by atoms with Crippen molar-refractivity contribution in [3.8, 4) is 5.75 Å². The first-order chi connectivity index (χ1) is 17.6. The van der Waals surface area contributed by atoms with Crippen molar-refractivity contribution in [2.45, 2.75) is 65.6 Å². The number of carbonyl (C=O) groups is 4. The van der Waals surface area contributed by atoms with Gasteiger partial charge in [0, 0.05) is 6.54 Å². The molecule has 0 fully saturated rings. The fourth-order valence-corrected chi connectivity index (χ4v) is 4.09. The minimum atomic E-state index is -1.39. The minimum Gasteiger partial charge on any atom is -0.508 e. The summed E-state index contributed by atoms with van der Waals surface area (Å²) in [5.41, 5.74) is 6.48. The van der Waals surface area contributed by atoms with Crippen molar-refractivity contribution in [3.63, 3.8) is 0 Å². The molecule has 0 aliphatic rings. The van der Waals surface area contributed by atoms with Crippen LogP contribution in [0.1, 0.15) is 56.8 Å². The van der Waals surface area contributed by atoms with Crippen molar-refractivity contribution in [2.75, 3.05) is 11.9 Å². The fourth-order valence-electron chi connectivity index (χ4n) is 3.82. The number of aromatic hydroxyl groups is 1. The Morgan fingerprint density at radius 2 is 1.76 bits per heavy atom. The lowest BCUT2D eigenvalue weighted by Crippen LogP contribution is -2.53. The summed E-state index contributed by atoms with van der Waals surface area (Å²) in [5, 5.41) is 15.6. The molecule has 0 aliphatic carbocycles. The van der Waals surface area contributed by atoms with Gasteiger partial charge in [0.15, 0.2) is 0 Å². The van der Waals surface area contributed by atoms with Crippen LogP contribution in [0.5, 0.6) is 5.75 Å². The van der Waals surface area contributed by atoms with Gasteiger partial charge in [0.25, 0.3) is 5.91 Å². The summed E-state index contributed by atoms with van der Waals surface area (Å²) in [7, 11) is 0. The molecule has 2 aromatic carbocycles. The van der Waals surface area contributed by atoms with Crippen LogP contribution >= 0.6 is 11.6 Å². The van der Waals surface area contributed by atoms with E-state index in [2.05, 4.69) is 10.6 Å². The predicted molar refractivity (Wildman–Crippen MR) is 145 cm³/mol. The molecule has 2 atom stereocenters. The zero-order valence-corrected chi connectivity index (χ0v) is 23.2. The number of hydrogen-bond donors (Lipinski definition) is 4. The lowest BCUT2D eigenvalue weighted by molar-refractivity contribution is -0.141. The number of halogens is 1. The highest BCUT2D eigenvalue weighted by atomic mass is 35.5. The Bertz CT molecular complexity index is 1190. The van der Waals surface area contributed by atoms with Crippen molar-refractivity contribution >= 4 is 41.1 Å². The molecule has 0 spiro atoms. The summed E-state index contributed by atoms with van der Waals surface area (Å²) in [6.45, 7) is 10.1. The fraction of sp³-hybridized carbons (Fsp3) is 0.407. The molecule has 11 heteroatoms. The Morgan fingerprint density at radius 1 is 1.11 bits per heavy atom. The number of likely N-dealkylation sites (N-methyl/N-ethyl adjacent to an activating group) is 1. The summed E-state index contributed by atoms with van der Waals surface area (Å²) < 4.78 is 5.25. The third kappa shape index (κ3) is 8.11. The van der Waals surface area contributed by atoms with Gasteiger partial charge in [0.1, 0.15) is 23.4 Å². The largest absolute Gasteiger partial charge is 0.508 e. The number of para-hydroxylation sites is 1. The van der Waals surface area contributed by atoms with Gasteiger partial charge in [-0.3, -0.25) is 14.4 Å². The number of phenols is 1. The van der Waals surface area contributed by atoms with Crippen molar-refractivity contribution < 1.29 is 29.0 Å². The molecule has 5 N–H and O–H groups in total. The number of ether oxygens (including phenoxy) is 1. The van der Waals surface area contributed by atoms with Gasteiger partial charge in [-0.05, 0) is 76.4 Å². The Labute approximate surface area is 227 Å². The van der Waals surface area contributed by atoms with Gasteiger partial charge in [0.2, 0.25) is 11.8 Å². The number of alkyl carbamates (subject to hydrolysis) is 1. The minimum absolute atomic E-state index is 0.0161. The standard InChI is InChI=1S/C27H35ClN4O6/c1-7-32(25(36)19(14-21(29)34)30-26(37)38-27(4,5)6)23(17-11-12-20(33)16(3)13-17)24(35)31-22-15(2)9-8-10-18(22)28/h8-13,19,23,33H,7,14H2,1-6H3,(H2,29,34)(H,30,37)(H,31,35). The van der Waals surface area contributed by atoms with Gasteiger partial charge in [-0.2, -0.15) is 0 Å². The van der Waals surface area contributed by atoms with E-state index in [0.717, 1.165) is 0 Å². The number of nitrogens with two attached hydrogens (primary N) is 1. The first-order valence-electron chi connectivity index (χ1n) is 12.1. The average molecular weight is 547 g/mol. The van der Waals surface area contributed by atoms with Crippen LogP contribution in [0.25, 0.3) is 0 Å². The molecule has 10 nitrogen and oxygen atoms in total. The highest BCUT2D eigenvalue weighted by molar-refractivity contribution is 6.34. The van der Waals surface area contributed by atoms with Crippen molar-refractivity contribution in [2.24, 2.45) is 5.73 Å². The van der Waals surface area contributed by atoms with Crippen LogP contribution in [0.4, 0.5) is 10.5 Å². The Balaban J connectivity index is 2.54. The Hall–Kier alpha value is -3.79. The topological polar surface area (TPSA) is 151 Å². The van der Waals surface area contributed by atoms with E-state index in [1.807, 2.05) is 0 Å². The zero-order valence-electron chi connectivity index (χ0n) is 22.4. The zero-order chi connectivity index (χ0) is 28.8. The van der Waals surface area contributed by atoms with Gasteiger partial charge in [-0.15, -0.1) is 0 Å². The number of rotatable bonds is 9. The van der Waals surface area contributed by atoms with Gasteiger partial charge in [-0.25, -0.2) is 4.79 Å². The molecule has 0 saturated heterocycles. The number of hydrogen-bond acceptors (Lipinski definition) is 6. The lowest BCUT2D eigenvalue weighted by Gasteiger charge is -2.33. The van der Waals surface area contributed by atoms with E-state index in [0.29, 0.717) is 27.4 Å². The molecule has 38 heavy (non-hydrogen) atoms. The highest BCUT2D eigenvalue weighted by Crippen LogP contribution is 2.31. The van der Waals surface area contributed by atoms with E-state index in [4.69, 9.17) is 22.1 Å². The summed E-state index contributed by atoms with van der Waals surface area (Å²) in [5.74, 6) is -2.12. The Morgan fingerprint density at radius 3 is 2.29 bits per heavy atom. The number of benzene rings is 2. The number of phenolic OH excluding ortho intramolecular Hbond substituents is 1. The van der Waals surface area contributed by atoms with E-state index in [-0.39, 0.29) is 12.3 Å². The molecule has 0 radical (unpaired) electrons. The number of aryl methyl sites for hydroxylation is 2. The summed E-state index contributed by atoms with van der Waals surface area (Å²) in [6.07, 6.45) is -1.43. The number of nitrogens with one attached hydrogen (secondary N) is 2. The third-order valence-corrected chi connectivity index (χ3v) is 5.90. The molecule has 0 aromatic heterocycles. The van der Waals surface area contributed by atoms with Crippen LogP contribution in [0.15, 0.2) is 36.4 Å². The van der Waals surface area contributed by atoms with Crippen LogP contribution in [0.2, 0.25) is 5.02 Å². The second-order valence-corrected chi connectivity index (χ2v) is 10.3. The maximum Gasteiger partial charge on any atom is 0.408 e. The van der Waals surface area contributed by atoms with Crippen LogP contribution in [0, 0.1) is 13.8 Å². The Kier molecular flexibility index (Phi) is 10.1. The van der Waals surface area contributed by atoms with Gasteiger partial charge in [-0.1, -0.05) is 29.8 Å². The molecular weight excluding hydrogens is 512 g/mol. The number of nitrogens with zero attached hydrogens (tertiary/aromatic N) is 1. The maximum atomic E-state index is 13.8. The predicted octanol–water partition coefficient (Wildman–Crippen LogP) is 3.96. The summed E-state index contributed by atoms with van der Waals surface area (Å²) in [6, 6.07) is 7.07. The van der Waals surface area contributed by atoms with E-state index in [9.17, 15) is 24.3 Å². The van der Waals surface area contributed by atoms with Crippen LogP contribution in [-0.4, -0.2) is 52.0 Å². The van der Waals surface area contributed by atoms with Gasteiger partial charge < -0.3 is 31.1 Å². The van der Waals surface area contributed by atoms with Gasteiger partial charge >= 0.3 is 6.09 Å². The first kappa shape index (κ1) is 30.4. The average Bonchev–Trinajstić information content (AvgIpc) is 2.79. The quantitative estimate of drug-likeness (QED) is 0.373. The van der Waals surface area contributed by atoms with E-state index in [1.54, 1.807) is 65.8 Å². The number of primary amides is 1. The lowest BCUT2D eigenvalue weighted by atomic mass is 9.99. The highest BCUT2D eigenvalue weighted by Gasteiger charge is 2.36. The molecule has 0 heterocycles. The van der Waals surface area contributed by atoms with Crippen molar-refractivity contribution in [1.29, 1.82) is 0 Å². The molecule has 2 aromatic rings. The van der Waals surface area contributed by atoms with Crippen LogP contribution < -0.4 is 16.4 Å². The molecule has 2 unspecified atom stereocenters. The molecule has 4 amide bonds. The normalized spacial score (nSPS) is 12.7. The SMILES string of the molecule is CCN(C(=O)C(CC(N)=O)NC(=O)OC(C)(C)C)C(C(=O)Nc1c(C)cccc1Cl)c1ccc(O)c(C)c1. The maximum absolute atomic E-state index is 13.8. The van der Waals surface area contributed by atoms with E-state index < -0.39 is 47.9 Å².